The molecule has 0 bridgehead atoms. The van der Waals surface area contributed by atoms with Crippen molar-refractivity contribution < 1.29 is 112 Å². The number of carbonyl (C=O) groups is 3. The fraction of sp³-hybridized carbons (Fsp3) is 0.400. The average Bonchev–Trinajstić information content (AvgIpc) is 3.33. The molecule has 0 spiro atoms. The molecule has 3 aromatic rings. The minimum Gasteiger partial charge on any atom is -0.502 e. The van der Waals surface area contributed by atoms with Crippen molar-refractivity contribution in [2.45, 2.75) is 61.4 Å². The summed E-state index contributed by atoms with van der Waals surface area (Å²) in [5, 5.41) is 85.0. The Morgan fingerprint density at radius 1 is 0.485 bits per heavy atom. The van der Waals surface area contributed by atoms with Crippen LogP contribution in [0.1, 0.15) is 16.7 Å². The molecule has 2 saturated heterocycles. The number of aromatic hydroxyl groups is 3. The van der Waals surface area contributed by atoms with Gasteiger partial charge in [0.05, 0.1) is 55.9 Å². The van der Waals surface area contributed by atoms with E-state index in [0.717, 1.165) is 18.2 Å². The maximum atomic E-state index is 13.3. The van der Waals surface area contributed by atoms with Gasteiger partial charge in [-0.25, -0.2) is 14.4 Å². The summed E-state index contributed by atoms with van der Waals surface area (Å²) in [7, 11) is 7.79. The maximum absolute atomic E-state index is 13.3. The fourth-order valence-corrected chi connectivity index (χ4v) is 6.79. The Labute approximate surface area is 388 Å². The van der Waals surface area contributed by atoms with Crippen LogP contribution in [-0.4, -0.2) is 176 Å². The lowest BCUT2D eigenvalue weighted by Gasteiger charge is -2.43. The zero-order chi connectivity index (χ0) is 49.8. The Kier molecular flexibility index (Phi) is 18.2. The summed E-state index contributed by atoms with van der Waals surface area (Å²) in [6.07, 6.45) is -11.8. The van der Waals surface area contributed by atoms with Gasteiger partial charge in [0.1, 0.15) is 36.6 Å². The number of methoxy groups -OCH3 is 6. The quantitative estimate of drug-likeness (QED) is 0.0462. The lowest BCUT2D eigenvalue weighted by atomic mass is 9.98. The number of phenolic OH excluding ortho intramolecular Hbond substituents is 3. The number of hydrogen-bond acceptors (Lipinski definition) is 23. The van der Waals surface area contributed by atoms with E-state index in [1.54, 1.807) is 0 Å². The summed E-state index contributed by atoms with van der Waals surface area (Å²) >= 11 is 0. The second-order valence-corrected chi connectivity index (χ2v) is 14.6. The number of phenols is 3. The molecule has 0 aromatic heterocycles. The minimum atomic E-state index is -2.06. The summed E-state index contributed by atoms with van der Waals surface area (Å²) in [5.74, 6) is -4.17. The normalized spacial score (nSPS) is 24.9. The molecule has 8 N–H and O–H groups in total. The van der Waals surface area contributed by atoms with Crippen molar-refractivity contribution in [2.75, 3.05) is 55.9 Å². The van der Waals surface area contributed by atoms with E-state index in [2.05, 4.69) is 0 Å². The van der Waals surface area contributed by atoms with Crippen LogP contribution >= 0.6 is 0 Å². The van der Waals surface area contributed by atoms with Gasteiger partial charge >= 0.3 is 17.9 Å². The zero-order valence-electron chi connectivity index (χ0n) is 37.3. The Hall–Kier alpha value is -6.83. The van der Waals surface area contributed by atoms with Crippen LogP contribution in [0, 0.1) is 0 Å². The first-order valence-electron chi connectivity index (χ1n) is 20.3. The third-order valence-corrected chi connectivity index (χ3v) is 10.4. The number of aliphatic hydroxyl groups excluding tert-OH is 5. The van der Waals surface area contributed by atoms with Gasteiger partial charge in [-0.15, -0.1) is 0 Å². The molecule has 0 aliphatic carbocycles. The number of esters is 3. The standard InChI is InChI=1S/C45H52O23/c1-57-24-13-21(14-25(58-2)35(24)50)7-10-32(47)66-42-40(55)38(53)30(19-46)64-44(42)63-20-31-39(54)41(56)43(67-33(48)11-8-22-15-26(59-3)36(51)27(16-22)60-4)45(65-31)68-34(49)12-9-23-17-28(61-5)37(52)29(18-23)62-6/h7-18,30-31,38-46,50-56H,19-20H2,1-6H3/b10-7+,11-8+,12-9+/t30-,31-,38-,39-,40+,41+,42-,43-,44-,45+/m1/s1. The molecule has 0 unspecified atom stereocenters. The van der Waals surface area contributed by atoms with Gasteiger partial charge in [-0.1, -0.05) is 0 Å². The molecule has 2 aliphatic rings. The van der Waals surface area contributed by atoms with Crippen molar-refractivity contribution in [2.24, 2.45) is 0 Å². The molecular weight excluding hydrogens is 908 g/mol. The highest BCUT2D eigenvalue weighted by Gasteiger charge is 2.51. The van der Waals surface area contributed by atoms with Crippen LogP contribution in [0.5, 0.6) is 51.7 Å². The second kappa shape index (κ2) is 23.8. The molecule has 370 valence electrons. The second-order valence-electron chi connectivity index (χ2n) is 14.6. The molecule has 10 atom stereocenters. The van der Waals surface area contributed by atoms with E-state index in [9.17, 15) is 55.2 Å². The van der Waals surface area contributed by atoms with Gasteiger partial charge in [0.2, 0.25) is 23.5 Å². The minimum absolute atomic E-state index is 0.0103. The fourth-order valence-electron chi connectivity index (χ4n) is 6.79. The van der Waals surface area contributed by atoms with E-state index in [1.807, 2.05) is 0 Å². The van der Waals surface area contributed by atoms with Crippen LogP contribution in [0.15, 0.2) is 54.6 Å². The number of hydrogen-bond donors (Lipinski definition) is 8. The molecule has 2 heterocycles. The smallest absolute Gasteiger partial charge is 0.333 e. The third kappa shape index (κ3) is 12.4. The monoisotopic (exact) mass is 960 g/mol. The van der Waals surface area contributed by atoms with Crippen molar-refractivity contribution in [3.05, 3.63) is 71.3 Å². The van der Waals surface area contributed by atoms with Gasteiger partial charge in [0.15, 0.2) is 53.0 Å². The summed E-state index contributed by atoms with van der Waals surface area (Å²) in [4.78, 5) is 39.6. The van der Waals surface area contributed by atoms with Crippen molar-refractivity contribution in [3.63, 3.8) is 0 Å². The highest BCUT2D eigenvalue weighted by Crippen LogP contribution is 2.40. The van der Waals surface area contributed by atoms with E-state index < -0.39 is 92.5 Å². The van der Waals surface area contributed by atoms with E-state index >= 15 is 0 Å². The van der Waals surface area contributed by atoms with Crippen molar-refractivity contribution in [1.82, 2.24) is 0 Å². The van der Waals surface area contributed by atoms with Gasteiger partial charge in [-0.2, -0.15) is 0 Å². The van der Waals surface area contributed by atoms with Crippen LogP contribution in [0.3, 0.4) is 0 Å². The summed E-state index contributed by atoms with van der Waals surface area (Å²) in [5.41, 5.74) is 0.906. The van der Waals surface area contributed by atoms with Crippen LogP contribution in [0.4, 0.5) is 0 Å². The molecule has 0 amide bonds. The number of rotatable bonds is 19. The lowest BCUT2D eigenvalue weighted by molar-refractivity contribution is -0.328. The van der Waals surface area contributed by atoms with Crippen LogP contribution in [0.2, 0.25) is 0 Å². The molecule has 68 heavy (non-hydrogen) atoms. The van der Waals surface area contributed by atoms with E-state index in [0.29, 0.717) is 16.7 Å². The lowest BCUT2D eigenvalue weighted by Crippen LogP contribution is -2.63. The predicted octanol–water partition coefficient (Wildman–Crippen LogP) is 0.564. The first-order chi connectivity index (χ1) is 32.5. The molecule has 0 saturated carbocycles. The summed E-state index contributed by atoms with van der Waals surface area (Å²) in [6, 6.07) is 8.26. The molecular formula is C45H52O23. The van der Waals surface area contributed by atoms with E-state index in [-0.39, 0.29) is 51.7 Å². The van der Waals surface area contributed by atoms with Gasteiger partial charge in [-0.05, 0) is 71.3 Å². The molecule has 2 aliphatic heterocycles. The highest BCUT2D eigenvalue weighted by molar-refractivity contribution is 5.89. The van der Waals surface area contributed by atoms with Crippen molar-refractivity contribution in [1.29, 1.82) is 0 Å². The maximum Gasteiger partial charge on any atom is 0.333 e. The Balaban J connectivity index is 1.38. The molecule has 5 rings (SSSR count). The van der Waals surface area contributed by atoms with Crippen molar-refractivity contribution in [3.8, 4) is 51.7 Å². The third-order valence-electron chi connectivity index (χ3n) is 10.4. The van der Waals surface area contributed by atoms with Gasteiger partial charge < -0.3 is 97.7 Å². The molecule has 23 nitrogen and oxygen atoms in total. The number of carbonyl (C=O) groups excluding carboxylic acids is 3. The van der Waals surface area contributed by atoms with E-state index in [4.69, 9.17) is 56.8 Å². The van der Waals surface area contributed by atoms with Gasteiger partial charge in [0, 0.05) is 18.2 Å². The largest absolute Gasteiger partial charge is 0.502 e. The Morgan fingerprint density at radius 3 is 1.13 bits per heavy atom. The first-order valence-corrected chi connectivity index (χ1v) is 20.3. The summed E-state index contributed by atoms with van der Waals surface area (Å²) < 4.78 is 64.4. The SMILES string of the molecule is COc1cc(/C=C/C(=O)O[C@@H]2O[C@H](CO[C@@H]3O[C@H](CO)[C@@H](O)[C@H](O)[C@H]3OC(=O)/C=C/c3cc(OC)c(O)c(OC)c3)[C@@H](O)[C@H](O)[C@H]2OC(=O)/C=C/c2cc(OC)c(O)c(OC)c2)cc(OC)c1O. The topological polar surface area (TPSA) is 324 Å². The number of benzene rings is 3. The predicted molar refractivity (Wildman–Crippen MR) is 231 cm³/mol. The number of aliphatic hydroxyl groups is 5. The van der Waals surface area contributed by atoms with Gasteiger partial charge in [0.25, 0.3) is 0 Å². The van der Waals surface area contributed by atoms with Gasteiger partial charge in [-0.3, -0.25) is 0 Å². The van der Waals surface area contributed by atoms with Crippen LogP contribution in [0.25, 0.3) is 18.2 Å². The first kappa shape index (κ1) is 52.1. The van der Waals surface area contributed by atoms with Crippen LogP contribution in [-0.2, 0) is 42.8 Å². The Bertz CT molecular complexity index is 2250. The zero-order valence-corrected chi connectivity index (χ0v) is 37.3. The molecule has 3 aromatic carbocycles. The van der Waals surface area contributed by atoms with Crippen molar-refractivity contribution >= 4 is 36.1 Å². The van der Waals surface area contributed by atoms with E-state index in [1.165, 1.54) is 97.3 Å². The summed E-state index contributed by atoms with van der Waals surface area (Å²) in [6.45, 7) is -1.63. The molecule has 2 fully saturated rings. The highest BCUT2D eigenvalue weighted by atomic mass is 16.8. The van der Waals surface area contributed by atoms with Crippen LogP contribution < -0.4 is 28.4 Å². The number of ether oxygens (including phenoxy) is 12. The average molecular weight is 961 g/mol. The Morgan fingerprint density at radius 2 is 0.794 bits per heavy atom. The molecule has 0 radical (unpaired) electrons. The molecule has 23 heteroatoms.